The van der Waals surface area contributed by atoms with Crippen LogP contribution in [-0.4, -0.2) is 42.1 Å². The number of carboxylic acid groups (broad SMARTS) is 1. The Balaban J connectivity index is 2.38. The van der Waals surface area contributed by atoms with Gasteiger partial charge in [0.05, 0.1) is 6.42 Å². The van der Waals surface area contributed by atoms with E-state index < -0.39 is 5.97 Å². The van der Waals surface area contributed by atoms with Gasteiger partial charge in [0.15, 0.2) is 0 Å². The van der Waals surface area contributed by atoms with E-state index in [-0.39, 0.29) is 19.0 Å². The summed E-state index contributed by atoms with van der Waals surface area (Å²) in [6.45, 7) is 4.42. The molecule has 0 spiro atoms. The molecule has 5 nitrogen and oxygen atoms in total. The summed E-state index contributed by atoms with van der Waals surface area (Å²) in [5, 5.41) is 11.2. The minimum Gasteiger partial charge on any atom is -0.481 e. The smallest absolute Gasteiger partial charge is 0.317 e. The van der Waals surface area contributed by atoms with Gasteiger partial charge in [-0.3, -0.25) is 4.79 Å². The number of hydrogen-bond donors (Lipinski definition) is 2. The second-order valence-corrected chi connectivity index (χ2v) is 4.19. The van der Waals surface area contributed by atoms with Crippen LogP contribution in [-0.2, 0) is 4.79 Å². The SMILES string of the molecule is C=C(CNC(=O)N(C)CCC(=O)O)c1ccccc1. The lowest BCUT2D eigenvalue weighted by molar-refractivity contribution is -0.137. The number of hydrogen-bond acceptors (Lipinski definition) is 2. The van der Waals surface area contributed by atoms with Gasteiger partial charge in [-0.2, -0.15) is 0 Å². The fourth-order valence-corrected chi connectivity index (χ4v) is 1.46. The third-order valence-electron chi connectivity index (χ3n) is 2.64. The van der Waals surface area contributed by atoms with E-state index in [1.165, 1.54) is 4.90 Å². The van der Waals surface area contributed by atoms with Crippen molar-refractivity contribution in [3.63, 3.8) is 0 Å². The van der Waals surface area contributed by atoms with Crippen LogP contribution in [0.4, 0.5) is 4.79 Å². The minimum absolute atomic E-state index is 0.0659. The van der Waals surface area contributed by atoms with E-state index in [0.29, 0.717) is 6.54 Å². The van der Waals surface area contributed by atoms with Gasteiger partial charge < -0.3 is 15.3 Å². The number of amides is 2. The maximum absolute atomic E-state index is 11.7. The first-order valence-corrected chi connectivity index (χ1v) is 5.94. The van der Waals surface area contributed by atoms with E-state index in [0.717, 1.165) is 11.1 Å². The van der Waals surface area contributed by atoms with Crippen molar-refractivity contribution in [3.05, 3.63) is 42.5 Å². The van der Waals surface area contributed by atoms with E-state index in [4.69, 9.17) is 5.11 Å². The molecule has 0 atom stereocenters. The van der Waals surface area contributed by atoms with Crippen molar-refractivity contribution in [2.24, 2.45) is 0 Å². The Morgan fingerprint density at radius 2 is 1.95 bits per heavy atom. The summed E-state index contributed by atoms with van der Waals surface area (Å²) < 4.78 is 0. The number of nitrogens with one attached hydrogen (secondary N) is 1. The first-order valence-electron chi connectivity index (χ1n) is 5.94. The molecule has 0 saturated carbocycles. The quantitative estimate of drug-likeness (QED) is 0.821. The maximum Gasteiger partial charge on any atom is 0.317 e. The average Bonchev–Trinajstić information content (AvgIpc) is 2.42. The van der Waals surface area contributed by atoms with Gasteiger partial charge in [-0.05, 0) is 11.1 Å². The van der Waals surface area contributed by atoms with Crippen LogP contribution in [0.15, 0.2) is 36.9 Å². The molecule has 2 amide bonds. The van der Waals surface area contributed by atoms with Crippen LogP contribution in [0.25, 0.3) is 5.57 Å². The molecule has 19 heavy (non-hydrogen) atoms. The largest absolute Gasteiger partial charge is 0.481 e. The zero-order chi connectivity index (χ0) is 14.3. The highest BCUT2D eigenvalue weighted by Crippen LogP contribution is 2.09. The molecule has 0 fully saturated rings. The lowest BCUT2D eigenvalue weighted by Gasteiger charge is -2.17. The molecule has 1 aromatic rings. The van der Waals surface area contributed by atoms with Crippen molar-refractivity contribution in [1.82, 2.24) is 10.2 Å². The molecule has 0 aliphatic rings. The number of carbonyl (C=O) groups excluding carboxylic acids is 1. The average molecular weight is 262 g/mol. The fourth-order valence-electron chi connectivity index (χ4n) is 1.46. The molecule has 0 unspecified atom stereocenters. The Hall–Kier alpha value is -2.30. The number of benzene rings is 1. The normalized spacial score (nSPS) is 9.74. The van der Waals surface area contributed by atoms with Crippen LogP contribution < -0.4 is 5.32 Å². The van der Waals surface area contributed by atoms with Crippen LogP contribution in [0.3, 0.4) is 0 Å². The second kappa shape index (κ2) is 7.20. The molecule has 1 aromatic carbocycles. The first kappa shape index (κ1) is 14.8. The zero-order valence-electron chi connectivity index (χ0n) is 10.9. The summed E-state index contributed by atoms with van der Waals surface area (Å²) >= 11 is 0. The minimum atomic E-state index is -0.923. The highest BCUT2D eigenvalue weighted by Gasteiger charge is 2.10. The predicted molar refractivity (Wildman–Crippen MR) is 73.8 cm³/mol. The second-order valence-electron chi connectivity index (χ2n) is 4.19. The fraction of sp³-hybridized carbons (Fsp3) is 0.286. The summed E-state index contributed by atoms with van der Waals surface area (Å²) in [5.41, 5.74) is 1.77. The number of carboxylic acids is 1. The van der Waals surface area contributed by atoms with Crippen molar-refractivity contribution in [2.45, 2.75) is 6.42 Å². The Morgan fingerprint density at radius 1 is 1.32 bits per heavy atom. The summed E-state index contributed by atoms with van der Waals surface area (Å²) in [7, 11) is 1.56. The first-order chi connectivity index (χ1) is 9.00. The topological polar surface area (TPSA) is 69.6 Å². The molecule has 0 bridgehead atoms. The molecule has 0 saturated heterocycles. The number of rotatable bonds is 6. The van der Waals surface area contributed by atoms with Crippen LogP contribution in [0.1, 0.15) is 12.0 Å². The Bertz CT molecular complexity index is 457. The van der Waals surface area contributed by atoms with Gasteiger partial charge in [0.25, 0.3) is 0 Å². The molecule has 102 valence electrons. The highest BCUT2D eigenvalue weighted by molar-refractivity contribution is 5.77. The molecule has 5 heteroatoms. The summed E-state index contributed by atoms with van der Waals surface area (Å²) in [6, 6.07) is 9.25. The summed E-state index contributed by atoms with van der Waals surface area (Å²) in [6.07, 6.45) is -0.0659. The van der Waals surface area contributed by atoms with E-state index in [9.17, 15) is 9.59 Å². The van der Waals surface area contributed by atoms with E-state index in [1.807, 2.05) is 30.3 Å². The lowest BCUT2D eigenvalue weighted by Crippen LogP contribution is -2.38. The highest BCUT2D eigenvalue weighted by atomic mass is 16.4. The van der Waals surface area contributed by atoms with Crippen LogP contribution in [0.2, 0.25) is 0 Å². The van der Waals surface area contributed by atoms with Crippen molar-refractivity contribution in [1.29, 1.82) is 0 Å². The molecule has 0 radical (unpaired) electrons. The molecular formula is C14H18N2O3. The third-order valence-corrected chi connectivity index (χ3v) is 2.64. The van der Waals surface area contributed by atoms with Gasteiger partial charge in [-0.25, -0.2) is 4.79 Å². The molecule has 0 aromatic heterocycles. The van der Waals surface area contributed by atoms with Gasteiger partial charge in [0.1, 0.15) is 0 Å². The number of carbonyl (C=O) groups is 2. The molecule has 0 aliphatic carbocycles. The van der Waals surface area contributed by atoms with Gasteiger partial charge in [0, 0.05) is 20.1 Å². The van der Waals surface area contributed by atoms with Crippen molar-refractivity contribution in [2.75, 3.05) is 20.1 Å². The van der Waals surface area contributed by atoms with Crippen molar-refractivity contribution in [3.8, 4) is 0 Å². The van der Waals surface area contributed by atoms with Crippen LogP contribution >= 0.6 is 0 Å². The van der Waals surface area contributed by atoms with E-state index >= 15 is 0 Å². The number of urea groups is 1. The van der Waals surface area contributed by atoms with Gasteiger partial charge in [-0.1, -0.05) is 36.9 Å². The van der Waals surface area contributed by atoms with Gasteiger partial charge >= 0.3 is 12.0 Å². The lowest BCUT2D eigenvalue weighted by atomic mass is 10.1. The van der Waals surface area contributed by atoms with Crippen molar-refractivity contribution >= 4 is 17.6 Å². The van der Waals surface area contributed by atoms with Crippen LogP contribution in [0.5, 0.6) is 0 Å². The number of nitrogens with zero attached hydrogens (tertiary/aromatic N) is 1. The van der Waals surface area contributed by atoms with E-state index in [1.54, 1.807) is 7.05 Å². The predicted octanol–water partition coefficient (Wildman–Crippen LogP) is 1.82. The maximum atomic E-state index is 11.7. The monoisotopic (exact) mass is 262 g/mol. The number of aliphatic carboxylic acids is 1. The molecule has 0 aliphatic heterocycles. The standard InChI is InChI=1S/C14H18N2O3/c1-11(12-6-4-3-5-7-12)10-15-14(19)16(2)9-8-13(17)18/h3-7H,1,8-10H2,2H3,(H,15,19)(H,17,18). The summed E-state index contributed by atoms with van der Waals surface area (Å²) in [4.78, 5) is 23.4. The third kappa shape index (κ3) is 5.25. The van der Waals surface area contributed by atoms with E-state index in [2.05, 4.69) is 11.9 Å². The van der Waals surface area contributed by atoms with Gasteiger partial charge in [-0.15, -0.1) is 0 Å². The Kier molecular flexibility index (Phi) is 5.60. The Morgan fingerprint density at radius 3 is 2.53 bits per heavy atom. The molecule has 1 rings (SSSR count). The Labute approximate surface area is 112 Å². The molecule has 0 heterocycles. The zero-order valence-corrected chi connectivity index (χ0v) is 10.9. The molecular weight excluding hydrogens is 244 g/mol. The molecule has 2 N–H and O–H groups in total. The van der Waals surface area contributed by atoms with Gasteiger partial charge in [0.2, 0.25) is 0 Å². The van der Waals surface area contributed by atoms with Crippen molar-refractivity contribution < 1.29 is 14.7 Å². The summed E-state index contributed by atoms with van der Waals surface area (Å²) in [5.74, 6) is -0.923. The van der Waals surface area contributed by atoms with Crippen LogP contribution in [0, 0.1) is 0 Å².